The van der Waals surface area contributed by atoms with Gasteiger partial charge >= 0.3 is 0 Å². The molecule has 7 heteroatoms. The molecule has 0 bridgehead atoms. The highest BCUT2D eigenvalue weighted by atomic mass is 16.1. The summed E-state index contributed by atoms with van der Waals surface area (Å²) < 4.78 is 0. The lowest BCUT2D eigenvalue weighted by molar-refractivity contribution is -0.123. The van der Waals surface area contributed by atoms with Crippen LogP contribution in [0.25, 0.3) is 0 Å². The van der Waals surface area contributed by atoms with Crippen molar-refractivity contribution in [1.29, 1.82) is 0 Å². The highest BCUT2D eigenvalue weighted by molar-refractivity contribution is 5.78. The number of nitrogens with two attached hydrogens (primary N) is 1. The number of nitrogens with one attached hydrogen (secondary N) is 2. The lowest BCUT2D eigenvalue weighted by Gasteiger charge is -2.21. The third kappa shape index (κ3) is 3.56. The molecule has 0 radical (unpaired) electrons. The smallest absolute Gasteiger partial charge is 0.224 e. The average Bonchev–Trinajstić information content (AvgIpc) is 2.37. The molecule has 17 heavy (non-hydrogen) atoms. The van der Waals surface area contributed by atoms with Crippen molar-refractivity contribution in [3.8, 4) is 0 Å². The standard InChI is InChI=1S/C10H18N6O/c1-7(10(17)12-2)6-16(3)9-5-13-4-8(14-9)15-11/h4-5,7H,6,11H2,1-3H3,(H,12,17)(H,14,15). The summed E-state index contributed by atoms with van der Waals surface area (Å²) in [6.45, 7) is 2.41. The van der Waals surface area contributed by atoms with Gasteiger partial charge in [0, 0.05) is 20.6 Å². The van der Waals surface area contributed by atoms with Gasteiger partial charge in [0.1, 0.15) is 5.82 Å². The number of amides is 1. The molecule has 1 atom stereocenters. The van der Waals surface area contributed by atoms with Crippen LogP contribution in [-0.4, -0.2) is 36.5 Å². The first kappa shape index (κ1) is 13.2. The number of hydrogen-bond donors (Lipinski definition) is 3. The minimum atomic E-state index is -0.124. The molecule has 7 nitrogen and oxygen atoms in total. The number of hydrogen-bond acceptors (Lipinski definition) is 6. The molecule has 1 unspecified atom stereocenters. The van der Waals surface area contributed by atoms with Crippen molar-refractivity contribution < 1.29 is 4.79 Å². The SMILES string of the molecule is CNC(=O)C(C)CN(C)c1cncc(NN)n1. The summed E-state index contributed by atoms with van der Waals surface area (Å²) in [4.78, 5) is 21.5. The number of hydrazine groups is 1. The van der Waals surface area contributed by atoms with Crippen molar-refractivity contribution in [1.82, 2.24) is 15.3 Å². The highest BCUT2D eigenvalue weighted by Crippen LogP contribution is 2.11. The van der Waals surface area contributed by atoms with Crippen molar-refractivity contribution in [3.63, 3.8) is 0 Å². The third-order valence-corrected chi connectivity index (χ3v) is 2.40. The number of carbonyl (C=O) groups excluding carboxylic acids is 1. The molecule has 1 aromatic heterocycles. The Morgan fingerprint density at radius 3 is 2.88 bits per heavy atom. The van der Waals surface area contributed by atoms with Crippen LogP contribution in [-0.2, 0) is 4.79 Å². The molecular formula is C10H18N6O. The molecule has 1 heterocycles. The maximum atomic E-state index is 11.4. The monoisotopic (exact) mass is 238 g/mol. The van der Waals surface area contributed by atoms with Gasteiger partial charge in [0.25, 0.3) is 0 Å². The molecule has 0 saturated carbocycles. The van der Waals surface area contributed by atoms with Crippen LogP contribution in [0, 0.1) is 5.92 Å². The molecular weight excluding hydrogens is 220 g/mol. The lowest BCUT2D eigenvalue weighted by atomic mass is 10.1. The van der Waals surface area contributed by atoms with Crippen molar-refractivity contribution in [3.05, 3.63) is 12.4 Å². The van der Waals surface area contributed by atoms with Crippen LogP contribution in [0.15, 0.2) is 12.4 Å². The van der Waals surface area contributed by atoms with Gasteiger partial charge in [-0.3, -0.25) is 9.78 Å². The Morgan fingerprint density at radius 2 is 2.29 bits per heavy atom. The summed E-state index contributed by atoms with van der Waals surface area (Å²) in [5.41, 5.74) is 2.43. The molecule has 4 N–H and O–H groups in total. The van der Waals surface area contributed by atoms with E-state index in [9.17, 15) is 4.79 Å². The van der Waals surface area contributed by atoms with Crippen molar-refractivity contribution in [2.24, 2.45) is 11.8 Å². The summed E-state index contributed by atoms with van der Waals surface area (Å²) in [5.74, 6) is 6.28. The van der Waals surface area contributed by atoms with Gasteiger partial charge in [-0.15, -0.1) is 0 Å². The van der Waals surface area contributed by atoms with E-state index < -0.39 is 0 Å². The topological polar surface area (TPSA) is 96.2 Å². The van der Waals surface area contributed by atoms with E-state index in [-0.39, 0.29) is 11.8 Å². The summed E-state index contributed by atoms with van der Waals surface area (Å²) in [6, 6.07) is 0. The van der Waals surface area contributed by atoms with E-state index >= 15 is 0 Å². The van der Waals surface area contributed by atoms with Gasteiger partial charge in [-0.2, -0.15) is 0 Å². The van der Waals surface area contributed by atoms with Gasteiger partial charge in [0.15, 0.2) is 5.82 Å². The summed E-state index contributed by atoms with van der Waals surface area (Å²) >= 11 is 0. The minimum absolute atomic E-state index is 0.00193. The molecule has 0 spiro atoms. The Kier molecular flexibility index (Phi) is 4.65. The van der Waals surface area contributed by atoms with Crippen LogP contribution in [0.5, 0.6) is 0 Å². The van der Waals surface area contributed by atoms with E-state index in [0.717, 1.165) is 0 Å². The Hall–Kier alpha value is -1.89. The van der Waals surface area contributed by atoms with E-state index in [4.69, 9.17) is 5.84 Å². The van der Waals surface area contributed by atoms with E-state index in [1.165, 1.54) is 6.20 Å². The van der Waals surface area contributed by atoms with Crippen LogP contribution in [0.1, 0.15) is 6.92 Å². The first-order chi connectivity index (χ1) is 8.08. The molecule has 0 saturated heterocycles. The van der Waals surface area contributed by atoms with Gasteiger partial charge in [-0.05, 0) is 0 Å². The zero-order chi connectivity index (χ0) is 12.8. The first-order valence-corrected chi connectivity index (χ1v) is 5.30. The maximum absolute atomic E-state index is 11.4. The van der Waals surface area contributed by atoms with E-state index in [0.29, 0.717) is 18.2 Å². The van der Waals surface area contributed by atoms with Gasteiger partial charge in [0.2, 0.25) is 5.91 Å². The van der Waals surface area contributed by atoms with Crippen LogP contribution >= 0.6 is 0 Å². The Labute approximate surface area is 100 Å². The second-order valence-corrected chi connectivity index (χ2v) is 3.80. The van der Waals surface area contributed by atoms with Gasteiger partial charge < -0.3 is 15.6 Å². The number of carbonyl (C=O) groups is 1. The second-order valence-electron chi connectivity index (χ2n) is 3.80. The second kappa shape index (κ2) is 6.00. The molecule has 1 amide bonds. The van der Waals surface area contributed by atoms with Gasteiger partial charge in [0.05, 0.1) is 18.3 Å². The van der Waals surface area contributed by atoms with E-state index in [1.807, 2.05) is 18.9 Å². The van der Waals surface area contributed by atoms with Crippen LogP contribution < -0.4 is 21.5 Å². The molecule has 0 aliphatic carbocycles. The summed E-state index contributed by atoms with van der Waals surface area (Å²) in [6.07, 6.45) is 3.15. The number of nitrogen functional groups attached to an aromatic ring is 1. The zero-order valence-electron chi connectivity index (χ0n) is 10.3. The predicted molar refractivity (Wildman–Crippen MR) is 66.3 cm³/mol. The number of nitrogens with zero attached hydrogens (tertiary/aromatic N) is 3. The van der Waals surface area contributed by atoms with Crippen LogP contribution in [0.4, 0.5) is 11.6 Å². The molecule has 0 fully saturated rings. The Bertz CT molecular complexity index is 383. The average molecular weight is 238 g/mol. The van der Waals surface area contributed by atoms with Crippen LogP contribution in [0.3, 0.4) is 0 Å². The molecule has 1 aromatic rings. The van der Waals surface area contributed by atoms with Crippen molar-refractivity contribution in [2.75, 3.05) is 31.0 Å². The first-order valence-electron chi connectivity index (χ1n) is 5.30. The third-order valence-electron chi connectivity index (χ3n) is 2.40. The maximum Gasteiger partial charge on any atom is 0.224 e. The van der Waals surface area contributed by atoms with Gasteiger partial charge in [-0.25, -0.2) is 10.8 Å². The number of anilines is 2. The quantitative estimate of drug-likeness (QED) is 0.476. The van der Waals surface area contributed by atoms with Crippen molar-refractivity contribution in [2.45, 2.75) is 6.92 Å². The Morgan fingerprint density at radius 1 is 1.59 bits per heavy atom. The normalized spacial score (nSPS) is 11.8. The zero-order valence-corrected chi connectivity index (χ0v) is 10.3. The molecule has 0 aliphatic heterocycles. The number of aromatic nitrogens is 2. The van der Waals surface area contributed by atoms with E-state index in [1.54, 1.807) is 13.2 Å². The van der Waals surface area contributed by atoms with Crippen molar-refractivity contribution >= 4 is 17.5 Å². The van der Waals surface area contributed by atoms with Crippen LogP contribution in [0.2, 0.25) is 0 Å². The predicted octanol–water partition coefficient (Wildman–Crippen LogP) is -0.419. The fraction of sp³-hybridized carbons (Fsp3) is 0.500. The molecule has 0 aromatic carbocycles. The fourth-order valence-corrected chi connectivity index (χ4v) is 1.44. The molecule has 94 valence electrons. The largest absolute Gasteiger partial charge is 0.359 e. The number of rotatable bonds is 5. The minimum Gasteiger partial charge on any atom is -0.359 e. The lowest BCUT2D eigenvalue weighted by Crippen LogP contribution is -2.34. The van der Waals surface area contributed by atoms with Gasteiger partial charge in [-0.1, -0.05) is 6.92 Å². The highest BCUT2D eigenvalue weighted by Gasteiger charge is 2.14. The summed E-state index contributed by atoms with van der Waals surface area (Å²) in [5, 5.41) is 2.61. The fourth-order valence-electron chi connectivity index (χ4n) is 1.44. The Balaban J connectivity index is 2.68. The molecule has 1 rings (SSSR count). The van der Waals surface area contributed by atoms with E-state index in [2.05, 4.69) is 20.7 Å². The molecule has 0 aliphatic rings. The summed E-state index contributed by atoms with van der Waals surface area (Å²) in [7, 11) is 3.47.